The minimum Gasteiger partial charge on any atom is -0.363 e. The molecule has 0 saturated carbocycles. The number of halogens is 2. The van der Waals surface area contributed by atoms with Crippen LogP contribution < -0.4 is 20.9 Å². The van der Waals surface area contributed by atoms with Crippen LogP contribution in [0, 0.1) is 18.6 Å². The van der Waals surface area contributed by atoms with Crippen molar-refractivity contribution in [3.8, 4) is 0 Å². The number of carbonyl (C=O) groups is 1. The van der Waals surface area contributed by atoms with Crippen molar-refractivity contribution in [3.05, 3.63) is 66.0 Å². The van der Waals surface area contributed by atoms with Crippen molar-refractivity contribution in [1.29, 1.82) is 0 Å². The van der Waals surface area contributed by atoms with Gasteiger partial charge in [-0.25, -0.2) is 23.5 Å². The van der Waals surface area contributed by atoms with Gasteiger partial charge < -0.3 is 20.9 Å². The highest BCUT2D eigenvalue weighted by molar-refractivity contribution is 5.99. The van der Waals surface area contributed by atoms with Crippen LogP contribution in [0.15, 0.2) is 48.5 Å². The molecule has 3 rings (SSSR count). The van der Waals surface area contributed by atoms with Gasteiger partial charge in [0.25, 0.3) is 0 Å². The average Bonchev–Trinajstić information content (AvgIpc) is 2.66. The Labute approximate surface area is 166 Å². The highest BCUT2D eigenvalue weighted by atomic mass is 19.1. The van der Waals surface area contributed by atoms with Gasteiger partial charge in [-0.3, -0.25) is 0 Å². The molecule has 2 amide bonds. The highest BCUT2D eigenvalue weighted by Gasteiger charge is 2.09. The van der Waals surface area contributed by atoms with Crippen molar-refractivity contribution in [1.82, 2.24) is 9.97 Å². The predicted octanol–water partition coefficient (Wildman–Crippen LogP) is 4.52. The average molecular weight is 398 g/mol. The van der Waals surface area contributed by atoms with Gasteiger partial charge in [-0.1, -0.05) is 0 Å². The Morgan fingerprint density at radius 2 is 1.62 bits per heavy atom. The Hall–Kier alpha value is -3.75. The van der Waals surface area contributed by atoms with Crippen LogP contribution in [0.1, 0.15) is 5.82 Å². The molecule has 0 saturated heterocycles. The molecule has 9 heteroatoms. The van der Waals surface area contributed by atoms with Gasteiger partial charge in [-0.15, -0.1) is 0 Å². The van der Waals surface area contributed by atoms with Crippen molar-refractivity contribution in [2.24, 2.45) is 0 Å². The summed E-state index contributed by atoms with van der Waals surface area (Å²) < 4.78 is 26.8. The Morgan fingerprint density at radius 3 is 2.31 bits per heavy atom. The van der Waals surface area contributed by atoms with E-state index < -0.39 is 17.7 Å². The van der Waals surface area contributed by atoms with Crippen LogP contribution in [0.25, 0.3) is 0 Å². The van der Waals surface area contributed by atoms with Gasteiger partial charge in [0.1, 0.15) is 29.1 Å². The van der Waals surface area contributed by atoms with Crippen molar-refractivity contribution in [3.63, 3.8) is 0 Å². The van der Waals surface area contributed by atoms with E-state index in [1.165, 1.54) is 0 Å². The molecule has 29 heavy (non-hydrogen) atoms. The minimum absolute atomic E-state index is 0.239. The van der Waals surface area contributed by atoms with Gasteiger partial charge >= 0.3 is 6.03 Å². The van der Waals surface area contributed by atoms with E-state index in [1.54, 1.807) is 24.3 Å². The topological polar surface area (TPSA) is 82.2 Å². The molecule has 0 aliphatic heterocycles. The number of hydrogen-bond donors (Lipinski definition) is 3. The molecule has 150 valence electrons. The predicted molar refractivity (Wildman–Crippen MR) is 110 cm³/mol. The lowest BCUT2D eigenvalue weighted by molar-refractivity contribution is 0.262. The second-order valence-corrected chi connectivity index (χ2v) is 6.46. The van der Waals surface area contributed by atoms with Crippen LogP contribution in [0.2, 0.25) is 0 Å². The zero-order valence-electron chi connectivity index (χ0n) is 16.1. The number of carbonyl (C=O) groups excluding carboxylic acids is 1. The first-order chi connectivity index (χ1) is 13.8. The fraction of sp³-hybridized carbons (Fsp3) is 0.150. The van der Waals surface area contributed by atoms with E-state index in [0.717, 1.165) is 29.7 Å². The summed E-state index contributed by atoms with van der Waals surface area (Å²) in [5.74, 6) is 0.687. The number of amides is 2. The summed E-state index contributed by atoms with van der Waals surface area (Å²) in [7, 11) is 3.79. The van der Waals surface area contributed by atoms with Crippen molar-refractivity contribution >= 4 is 34.7 Å². The number of rotatable bonds is 5. The maximum absolute atomic E-state index is 13.6. The number of aryl methyl sites for hydroxylation is 1. The Kier molecular flexibility index (Phi) is 5.87. The molecule has 2 aromatic carbocycles. The summed E-state index contributed by atoms with van der Waals surface area (Å²) in [6.45, 7) is 1.81. The fourth-order valence-electron chi connectivity index (χ4n) is 2.51. The summed E-state index contributed by atoms with van der Waals surface area (Å²) >= 11 is 0. The summed E-state index contributed by atoms with van der Waals surface area (Å²) in [6.07, 6.45) is 0. The molecular formula is C20H20F2N6O. The fourth-order valence-corrected chi connectivity index (χ4v) is 2.51. The van der Waals surface area contributed by atoms with E-state index in [-0.39, 0.29) is 5.69 Å². The van der Waals surface area contributed by atoms with E-state index in [2.05, 4.69) is 25.9 Å². The van der Waals surface area contributed by atoms with Crippen molar-refractivity contribution in [2.75, 3.05) is 34.9 Å². The standard InChI is InChI=1S/C20H20F2N6O/c1-12-23-18(11-19(24-12)28(2)3)25-14-5-7-15(8-6-14)26-20(29)27-17-10-13(21)4-9-16(17)22/h4-11H,1-3H3,(H,23,24,25)(H2,26,27,29). The lowest BCUT2D eigenvalue weighted by Crippen LogP contribution is -2.20. The lowest BCUT2D eigenvalue weighted by atomic mass is 10.2. The number of hydrogen-bond acceptors (Lipinski definition) is 5. The maximum Gasteiger partial charge on any atom is 0.323 e. The molecular weight excluding hydrogens is 378 g/mol. The summed E-state index contributed by atoms with van der Waals surface area (Å²) in [4.78, 5) is 22.6. The lowest BCUT2D eigenvalue weighted by Gasteiger charge is -2.14. The van der Waals surface area contributed by atoms with Crippen LogP contribution in [-0.2, 0) is 0 Å². The zero-order chi connectivity index (χ0) is 21.0. The number of urea groups is 1. The van der Waals surface area contributed by atoms with Gasteiger partial charge in [0.05, 0.1) is 5.69 Å². The van der Waals surface area contributed by atoms with Crippen LogP contribution in [0.3, 0.4) is 0 Å². The molecule has 0 bridgehead atoms. The van der Waals surface area contributed by atoms with E-state index in [4.69, 9.17) is 0 Å². The molecule has 0 spiro atoms. The third-order valence-corrected chi connectivity index (χ3v) is 3.87. The van der Waals surface area contributed by atoms with Crippen molar-refractivity contribution in [2.45, 2.75) is 6.92 Å². The molecule has 0 unspecified atom stereocenters. The second-order valence-electron chi connectivity index (χ2n) is 6.46. The number of anilines is 5. The minimum atomic E-state index is -0.724. The Bertz CT molecular complexity index is 1020. The third-order valence-electron chi connectivity index (χ3n) is 3.87. The monoisotopic (exact) mass is 398 g/mol. The van der Waals surface area contributed by atoms with Crippen LogP contribution in [0.5, 0.6) is 0 Å². The largest absolute Gasteiger partial charge is 0.363 e. The SMILES string of the molecule is Cc1nc(Nc2ccc(NC(=O)Nc3cc(F)ccc3F)cc2)cc(N(C)C)n1. The second kappa shape index (κ2) is 8.51. The quantitative estimate of drug-likeness (QED) is 0.589. The molecule has 3 N–H and O–H groups in total. The molecule has 7 nitrogen and oxygen atoms in total. The van der Waals surface area contributed by atoms with Gasteiger partial charge in [0, 0.05) is 37.6 Å². The number of benzene rings is 2. The van der Waals surface area contributed by atoms with E-state index in [0.29, 0.717) is 17.3 Å². The smallest absolute Gasteiger partial charge is 0.323 e. The van der Waals surface area contributed by atoms with Gasteiger partial charge in [0.15, 0.2) is 0 Å². The zero-order valence-corrected chi connectivity index (χ0v) is 16.1. The molecule has 0 fully saturated rings. The molecule has 0 aliphatic carbocycles. The molecule has 0 atom stereocenters. The van der Waals surface area contributed by atoms with Crippen molar-refractivity contribution < 1.29 is 13.6 Å². The highest BCUT2D eigenvalue weighted by Crippen LogP contribution is 2.21. The molecule has 0 aliphatic rings. The Balaban J connectivity index is 1.64. The number of nitrogens with zero attached hydrogens (tertiary/aromatic N) is 3. The number of nitrogens with one attached hydrogen (secondary N) is 3. The molecule has 0 radical (unpaired) electrons. The summed E-state index contributed by atoms with van der Waals surface area (Å²) in [5.41, 5.74) is 1.00. The first kappa shape index (κ1) is 20.0. The Morgan fingerprint density at radius 1 is 0.931 bits per heavy atom. The van der Waals surface area contributed by atoms with Crippen LogP contribution in [0.4, 0.5) is 42.3 Å². The third kappa shape index (κ3) is 5.38. The van der Waals surface area contributed by atoms with E-state index >= 15 is 0 Å². The summed E-state index contributed by atoms with van der Waals surface area (Å²) in [5, 5.41) is 8.01. The maximum atomic E-state index is 13.6. The molecule has 1 aromatic heterocycles. The van der Waals surface area contributed by atoms with Gasteiger partial charge in [-0.2, -0.15) is 0 Å². The van der Waals surface area contributed by atoms with Gasteiger partial charge in [0.2, 0.25) is 0 Å². The summed E-state index contributed by atoms with van der Waals surface area (Å²) in [6, 6.07) is 10.8. The molecule has 3 aromatic rings. The normalized spacial score (nSPS) is 10.4. The first-order valence-corrected chi connectivity index (χ1v) is 8.73. The molecule has 1 heterocycles. The van der Waals surface area contributed by atoms with E-state index in [9.17, 15) is 13.6 Å². The first-order valence-electron chi connectivity index (χ1n) is 8.73. The number of aromatic nitrogens is 2. The van der Waals surface area contributed by atoms with Gasteiger partial charge in [-0.05, 0) is 43.3 Å². The van der Waals surface area contributed by atoms with Crippen LogP contribution >= 0.6 is 0 Å². The van der Waals surface area contributed by atoms with E-state index in [1.807, 2.05) is 32.0 Å². The van der Waals surface area contributed by atoms with Crippen LogP contribution in [-0.4, -0.2) is 30.1 Å².